The highest BCUT2D eigenvalue weighted by Crippen LogP contribution is 2.26. The zero-order valence-corrected chi connectivity index (χ0v) is 13.4. The Kier molecular flexibility index (Phi) is 3.98. The molecule has 5 nitrogen and oxygen atoms in total. The molecule has 1 fully saturated rings. The van der Waals surface area contributed by atoms with Crippen LogP contribution in [0.3, 0.4) is 0 Å². The number of rotatable bonds is 2. The standard InChI is InChI=1S/C17H22N4O/c1-13-11-15(20(3)18-13)17(22)21-10-9-19(2)12-16(21)14-7-5-4-6-8-14/h4-8,11,16H,9-10,12H2,1-3H3/t16-/m1/s1. The molecule has 0 bridgehead atoms. The lowest BCUT2D eigenvalue weighted by Gasteiger charge is -2.40. The van der Waals surface area contributed by atoms with Crippen molar-refractivity contribution in [3.63, 3.8) is 0 Å². The van der Waals surface area contributed by atoms with Crippen LogP contribution in [-0.2, 0) is 7.05 Å². The molecule has 22 heavy (non-hydrogen) atoms. The normalized spacial score (nSPS) is 19.4. The Bertz CT molecular complexity index is 665. The monoisotopic (exact) mass is 298 g/mol. The Morgan fingerprint density at radius 2 is 1.91 bits per heavy atom. The Morgan fingerprint density at radius 3 is 2.55 bits per heavy atom. The van der Waals surface area contributed by atoms with Gasteiger partial charge >= 0.3 is 0 Å². The van der Waals surface area contributed by atoms with E-state index in [1.54, 1.807) is 4.68 Å². The van der Waals surface area contributed by atoms with Crippen molar-refractivity contribution >= 4 is 5.91 Å². The third kappa shape index (κ3) is 2.76. The van der Waals surface area contributed by atoms with E-state index in [1.807, 2.05) is 43.1 Å². The van der Waals surface area contributed by atoms with Gasteiger partial charge < -0.3 is 9.80 Å². The fourth-order valence-electron chi connectivity index (χ4n) is 3.08. The summed E-state index contributed by atoms with van der Waals surface area (Å²) in [7, 11) is 3.93. The number of amides is 1. The molecule has 0 radical (unpaired) electrons. The average molecular weight is 298 g/mol. The summed E-state index contributed by atoms with van der Waals surface area (Å²) >= 11 is 0. The average Bonchev–Trinajstić information content (AvgIpc) is 2.86. The number of aromatic nitrogens is 2. The maximum absolute atomic E-state index is 13.0. The van der Waals surface area contributed by atoms with Gasteiger partial charge in [0.15, 0.2) is 0 Å². The van der Waals surface area contributed by atoms with Gasteiger partial charge in [0, 0.05) is 26.7 Å². The molecular formula is C17H22N4O. The highest BCUT2D eigenvalue weighted by Gasteiger charge is 2.32. The highest BCUT2D eigenvalue weighted by molar-refractivity contribution is 5.93. The quantitative estimate of drug-likeness (QED) is 0.850. The third-order valence-electron chi connectivity index (χ3n) is 4.25. The molecule has 0 N–H and O–H groups in total. The Labute approximate surface area is 131 Å². The van der Waals surface area contributed by atoms with Gasteiger partial charge in [-0.2, -0.15) is 5.10 Å². The van der Waals surface area contributed by atoms with Gasteiger partial charge in [-0.25, -0.2) is 0 Å². The summed E-state index contributed by atoms with van der Waals surface area (Å²) in [5.41, 5.74) is 2.71. The van der Waals surface area contributed by atoms with E-state index in [9.17, 15) is 4.79 Å². The molecule has 116 valence electrons. The molecule has 1 saturated heterocycles. The summed E-state index contributed by atoms with van der Waals surface area (Å²) < 4.78 is 1.68. The lowest BCUT2D eigenvalue weighted by atomic mass is 10.0. The fourth-order valence-corrected chi connectivity index (χ4v) is 3.08. The van der Waals surface area contributed by atoms with Gasteiger partial charge in [0.2, 0.25) is 0 Å². The van der Waals surface area contributed by atoms with Crippen LogP contribution in [0.2, 0.25) is 0 Å². The van der Waals surface area contributed by atoms with E-state index >= 15 is 0 Å². The van der Waals surface area contributed by atoms with Gasteiger partial charge in [-0.1, -0.05) is 30.3 Å². The number of aryl methyl sites for hydroxylation is 2. The van der Waals surface area contributed by atoms with Gasteiger partial charge in [-0.05, 0) is 25.6 Å². The van der Waals surface area contributed by atoms with Crippen LogP contribution in [-0.4, -0.2) is 52.2 Å². The Hall–Kier alpha value is -2.14. The van der Waals surface area contributed by atoms with Crippen LogP contribution < -0.4 is 0 Å². The zero-order valence-electron chi connectivity index (χ0n) is 13.4. The number of piperazine rings is 1. The fraction of sp³-hybridized carbons (Fsp3) is 0.412. The van der Waals surface area contributed by atoms with Crippen LogP contribution in [0.1, 0.15) is 27.8 Å². The number of hydrogen-bond acceptors (Lipinski definition) is 3. The third-order valence-corrected chi connectivity index (χ3v) is 4.25. The van der Waals surface area contributed by atoms with Crippen LogP contribution in [0.5, 0.6) is 0 Å². The molecule has 0 unspecified atom stereocenters. The maximum atomic E-state index is 13.0. The van der Waals surface area contributed by atoms with Gasteiger partial charge in [0.25, 0.3) is 5.91 Å². The van der Waals surface area contributed by atoms with Crippen molar-refractivity contribution in [2.45, 2.75) is 13.0 Å². The summed E-state index contributed by atoms with van der Waals surface area (Å²) in [6.07, 6.45) is 0. The lowest BCUT2D eigenvalue weighted by Crippen LogP contribution is -2.49. The summed E-state index contributed by atoms with van der Waals surface area (Å²) in [5.74, 6) is 0.0602. The number of carbonyl (C=O) groups excluding carboxylic acids is 1. The summed E-state index contributed by atoms with van der Waals surface area (Å²) in [6, 6.07) is 12.2. The molecule has 3 rings (SSSR count). The molecule has 1 aliphatic rings. The number of carbonyl (C=O) groups is 1. The van der Waals surface area contributed by atoms with E-state index < -0.39 is 0 Å². The zero-order chi connectivity index (χ0) is 15.7. The van der Waals surface area contributed by atoms with E-state index in [-0.39, 0.29) is 11.9 Å². The first-order chi connectivity index (χ1) is 10.6. The number of nitrogens with zero attached hydrogens (tertiary/aromatic N) is 4. The number of hydrogen-bond donors (Lipinski definition) is 0. The van der Waals surface area contributed by atoms with E-state index in [2.05, 4.69) is 29.2 Å². The second kappa shape index (κ2) is 5.93. The van der Waals surface area contributed by atoms with Crippen molar-refractivity contribution in [2.24, 2.45) is 7.05 Å². The van der Waals surface area contributed by atoms with Crippen molar-refractivity contribution in [3.8, 4) is 0 Å². The van der Waals surface area contributed by atoms with Crippen LogP contribution >= 0.6 is 0 Å². The summed E-state index contributed by atoms with van der Waals surface area (Å²) in [4.78, 5) is 17.2. The van der Waals surface area contributed by atoms with Crippen LogP contribution in [0.15, 0.2) is 36.4 Å². The molecule has 0 aliphatic carbocycles. The van der Waals surface area contributed by atoms with Gasteiger partial charge in [0.1, 0.15) is 5.69 Å². The molecule has 1 aromatic carbocycles. The van der Waals surface area contributed by atoms with Crippen molar-refractivity contribution in [2.75, 3.05) is 26.7 Å². The molecular weight excluding hydrogens is 276 g/mol. The van der Waals surface area contributed by atoms with Crippen LogP contribution in [0.4, 0.5) is 0 Å². The van der Waals surface area contributed by atoms with E-state index in [0.717, 1.165) is 25.3 Å². The molecule has 2 heterocycles. The van der Waals surface area contributed by atoms with Gasteiger partial charge in [-0.3, -0.25) is 9.48 Å². The van der Waals surface area contributed by atoms with Gasteiger partial charge in [0.05, 0.1) is 11.7 Å². The van der Waals surface area contributed by atoms with E-state index in [1.165, 1.54) is 5.56 Å². The highest BCUT2D eigenvalue weighted by atomic mass is 16.2. The molecule has 1 aromatic heterocycles. The maximum Gasteiger partial charge on any atom is 0.272 e. The van der Waals surface area contributed by atoms with Crippen molar-refractivity contribution in [1.29, 1.82) is 0 Å². The molecule has 2 aromatic rings. The summed E-state index contributed by atoms with van der Waals surface area (Å²) in [6.45, 7) is 4.40. The molecule has 0 saturated carbocycles. The minimum absolute atomic E-state index is 0.0602. The van der Waals surface area contributed by atoms with E-state index in [0.29, 0.717) is 5.69 Å². The van der Waals surface area contributed by atoms with Crippen LogP contribution in [0, 0.1) is 6.92 Å². The topological polar surface area (TPSA) is 41.4 Å². The Balaban J connectivity index is 1.93. The van der Waals surface area contributed by atoms with E-state index in [4.69, 9.17) is 0 Å². The minimum atomic E-state index is 0.0602. The number of benzene rings is 1. The Morgan fingerprint density at radius 1 is 1.18 bits per heavy atom. The first-order valence-electron chi connectivity index (χ1n) is 7.61. The van der Waals surface area contributed by atoms with Gasteiger partial charge in [-0.15, -0.1) is 0 Å². The molecule has 1 aliphatic heterocycles. The summed E-state index contributed by atoms with van der Waals surface area (Å²) in [5, 5.41) is 4.30. The van der Waals surface area contributed by atoms with Crippen LogP contribution in [0.25, 0.3) is 0 Å². The second-order valence-electron chi connectivity index (χ2n) is 5.98. The first kappa shape index (κ1) is 14.8. The predicted octanol–water partition coefficient (Wildman–Crippen LogP) is 1.86. The minimum Gasteiger partial charge on any atom is -0.328 e. The van der Waals surface area contributed by atoms with Crippen molar-refractivity contribution in [1.82, 2.24) is 19.6 Å². The van der Waals surface area contributed by atoms with Crippen molar-refractivity contribution < 1.29 is 4.79 Å². The molecule has 5 heteroatoms. The SMILES string of the molecule is Cc1cc(C(=O)N2CCN(C)C[C@@H]2c2ccccc2)n(C)n1. The molecule has 1 atom stereocenters. The largest absolute Gasteiger partial charge is 0.328 e. The first-order valence-corrected chi connectivity index (χ1v) is 7.61. The number of likely N-dealkylation sites (N-methyl/N-ethyl adjacent to an activating group) is 1. The second-order valence-corrected chi connectivity index (χ2v) is 5.98. The molecule has 1 amide bonds. The lowest BCUT2D eigenvalue weighted by molar-refractivity contribution is 0.0487. The predicted molar refractivity (Wildman–Crippen MR) is 85.7 cm³/mol. The molecule has 0 spiro atoms. The smallest absolute Gasteiger partial charge is 0.272 e. The van der Waals surface area contributed by atoms with Crippen molar-refractivity contribution in [3.05, 3.63) is 53.3 Å².